The highest BCUT2D eigenvalue weighted by molar-refractivity contribution is 5.12. The number of likely N-dealkylation sites (N-methyl/N-ethyl adjacent to an activating group) is 2. The number of nitrogens with zero attached hydrogens (tertiary/aromatic N) is 3. The van der Waals surface area contributed by atoms with E-state index in [9.17, 15) is 0 Å². The summed E-state index contributed by atoms with van der Waals surface area (Å²) in [6.07, 6.45) is 1.01. The molecule has 0 radical (unpaired) electrons. The fraction of sp³-hybridized carbons (Fsp3) is 0.812. The second-order valence-electron chi connectivity index (χ2n) is 6.04. The summed E-state index contributed by atoms with van der Waals surface area (Å²) in [6.45, 7) is 16.6. The van der Waals surface area contributed by atoms with Gasteiger partial charge in [0.2, 0.25) is 0 Å². The molecular formula is C16H32N4. The minimum Gasteiger partial charge on any atom is -0.312 e. The van der Waals surface area contributed by atoms with Crippen LogP contribution in [0, 0.1) is 6.92 Å². The van der Waals surface area contributed by atoms with Crippen LogP contribution in [0.1, 0.15) is 46.0 Å². The molecule has 1 aromatic rings. The van der Waals surface area contributed by atoms with E-state index in [1.165, 1.54) is 5.69 Å². The Morgan fingerprint density at radius 1 is 1.30 bits per heavy atom. The van der Waals surface area contributed by atoms with Gasteiger partial charge in [-0.05, 0) is 46.5 Å². The lowest BCUT2D eigenvalue weighted by atomic mass is 9.88. The first-order valence-corrected chi connectivity index (χ1v) is 7.84. The molecule has 1 atom stereocenters. The van der Waals surface area contributed by atoms with Crippen molar-refractivity contribution in [2.75, 3.05) is 19.6 Å². The highest BCUT2D eigenvalue weighted by atomic mass is 15.3. The Balaban J connectivity index is 2.95. The fourth-order valence-electron chi connectivity index (χ4n) is 3.14. The van der Waals surface area contributed by atoms with Gasteiger partial charge in [-0.25, -0.2) is 0 Å². The van der Waals surface area contributed by atoms with Crippen LogP contribution in [0.3, 0.4) is 0 Å². The molecule has 0 aliphatic rings. The zero-order valence-electron chi connectivity index (χ0n) is 14.3. The zero-order valence-corrected chi connectivity index (χ0v) is 14.3. The van der Waals surface area contributed by atoms with Crippen molar-refractivity contribution in [3.8, 4) is 0 Å². The lowest BCUT2D eigenvalue weighted by Gasteiger charge is -2.44. The van der Waals surface area contributed by atoms with Crippen LogP contribution in [0.2, 0.25) is 0 Å². The first-order chi connectivity index (χ1) is 9.36. The molecule has 0 bridgehead atoms. The lowest BCUT2D eigenvalue weighted by Crippen LogP contribution is -2.58. The molecule has 20 heavy (non-hydrogen) atoms. The summed E-state index contributed by atoms with van der Waals surface area (Å²) in [5.74, 6) is 0. The minimum atomic E-state index is 0.123. The van der Waals surface area contributed by atoms with Crippen molar-refractivity contribution in [1.29, 1.82) is 0 Å². The Labute approximate surface area is 124 Å². The molecule has 1 aromatic heterocycles. The standard InChI is InChI=1S/C16H32N4/c1-8-17-15(16(5,6)20(9-2)10-3)12-14-11-13(4)18-19(14)7/h11,15,17H,8-10,12H2,1-7H3. The van der Waals surface area contributed by atoms with Gasteiger partial charge in [0.05, 0.1) is 5.69 Å². The van der Waals surface area contributed by atoms with Crippen molar-refractivity contribution in [2.24, 2.45) is 7.05 Å². The van der Waals surface area contributed by atoms with Gasteiger partial charge in [-0.3, -0.25) is 9.58 Å². The SMILES string of the molecule is CCNC(Cc1cc(C)nn1C)C(C)(C)N(CC)CC. The van der Waals surface area contributed by atoms with Crippen LogP contribution in [-0.2, 0) is 13.5 Å². The number of rotatable bonds is 8. The third-order valence-electron chi connectivity index (χ3n) is 4.39. The zero-order chi connectivity index (χ0) is 15.3. The molecule has 0 amide bonds. The number of aryl methyl sites for hydroxylation is 2. The summed E-state index contributed by atoms with van der Waals surface area (Å²) in [7, 11) is 2.04. The van der Waals surface area contributed by atoms with E-state index in [0.717, 1.165) is 31.7 Å². The molecule has 0 aliphatic carbocycles. The summed E-state index contributed by atoms with van der Waals surface area (Å²) < 4.78 is 2.01. The molecule has 0 fully saturated rings. The highest BCUT2D eigenvalue weighted by Crippen LogP contribution is 2.22. The van der Waals surface area contributed by atoms with Crippen molar-refractivity contribution < 1.29 is 0 Å². The minimum absolute atomic E-state index is 0.123. The van der Waals surface area contributed by atoms with Crippen molar-refractivity contribution in [2.45, 2.75) is 59.5 Å². The van der Waals surface area contributed by atoms with Crippen LogP contribution in [0.25, 0.3) is 0 Å². The van der Waals surface area contributed by atoms with Crippen LogP contribution in [0.5, 0.6) is 0 Å². The molecule has 0 saturated heterocycles. The molecule has 0 aromatic carbocycles. The van der Waals surface area contributed by atoms with Crippen LogP contribution >= 0.6 is 0 Å². The van der Waals surface area contributed by atoms with Gasteiger partial charge < -0.3 is 5.32 Å². The van der Waals surface area contributed by atoms with Gasteiger partial charge in [0.25, 0.3) is 0 Å². The number of nitrogens with one attached hydrogen (secondary N) is 1. The highest BCUT2D eigenvalue weighted by Gasteiger charge is 2.34. The van der Waals surface area contributed by atoms with Crippen molar-refractivity contribution in [1.82, 2.24) is 20.0 Å². The van der Waals surface area contributed by atoms with Crippen LogP contribution in [-0.4, -0.2) is 45.9 Å². The summed E-state index contributed by atoms with van der Waals surface area (Å²) in [5.41, 5.74) is 2.52. The molecule has 1 unspecified atom stereocenters. The first-order valence-electron chi connectivity index (χ1n) is 7.84. The van der Waals surface area contributed by atoms with E-state index >= 15 is 0 Å². The van der Waals surface area contributed by atoms with E-state index in [-0.39, 0.29) is 5.54 Å². The molecule has 0 aliphatic heterocycles. The van der Waals surface area contributed by atoms with Crippen molar-refractivity contribution in [3.05, 3.63) is 17.5 Å². The summed E-state index contributed by atoms with van der Waals surface area (Å²) in [5, 5.41) is 8.14. The van der Waals surface area contributed by atoms with E-state index in [1.807, 2.05) is 11.7 Å². The van der Waals surface area contributed by atoms with Crippen LogP contribution < -0.4 is 5.32 Å². The average Bonchev–Trinajstić information content (AvgIpc) is 2.68. The summed E-state index contributed by atoms with van der Waals surface area (Å²) in [4.78, 5) is 2.53. The maximum Gasteiger partial charge on any atom is 0.0596 e. The smallest absolute Gasteiger partial charge is 0.0596 e. The third-order valence-corrected chi connectivity index (χ3v) is 4.39. The second-order valence-corrected chi connectivity index (χ2v) is 6.04. The maximum absolute atomic E-state index is 4.47. The number of hydrogen-bond acceptors (Lipinski definition) is 3. The molecule has 1 N–H and O–H groups in total. The van der Waals surface area contributed by atoms with Crippen molar-refractivity contribution >= 4 is 0 Å². The van der Waals surface area contributed by atoms with Gasteiger partial charge in [-0.15, -0.1) is 0 Å². The third kappa shape index (κ3) is 3.83. The van der Waals surface area contributed by atoms with Crippen LogP contribution in [0.15, 0.2) is 6.07 Å². The van der Waals surface area contributed by atoms with E-state index in [4.69, 9.17) is 0 Å². The predicted molar refractivity (Wildman–Crippen MR) is 86.1 cm³/mol. The van der Waals surface area contributed by atoms with Crippen LogP contribution in [0.4, 0.5) is 0 Å². The molecule has 1 rings (SSSR count). The van der Waals surface area contributed by atoms with Crippen molar-refractivity contribution in [3.63, 3.8) is 0 Å². The van der Waals surface area contributed by atoms with Gasteiger partial charge in [0, 0.05) is 30.7 Å². The Morgan fingerprint density at radius 2 is 1.90 bits per heavy atom. The summed E-state index contributed by atoms with van der Waals surface area (Å²) >= 11 is 0. The lowest BCUT2D eigenvalue weighted by molar-refractivity contribution is 0.0910. The topological polar surface area (TPSA) is 33.1 Å². The van der Waals surface area contributed by atoms with E-state index in [1.54, 1.807) is 0 Å². The molecule has 0 saturated carbocycles. The second kappa shape index (κ2) is 7.23. The van der Waals surface area contributed by atoms with Gasteiger partial charge in [-0.1, -0.05) is 20.8 Å². The molecule has 4 heteroatoms. The van der Waals surface area contributed by atoms with Gasteiger partial charge in [0.15, 0.2) is 0 Å². The molecule has 4 nitrogen and oxygen atoms in total. The predicted octanol–water partition coefficient (Wildman–Crippen LogP) is 2.37. The Morgan fingerprint density at radius 3 is 2.30 bits per heavy atom. The number of aromatic nitrogens is 2. The maximum atomic E-state index is 4.47. The van der Waals surface area contributed by atoms with E-state index in [0.29, 0.717) is 6.04 Å². The normalized spacial score (nSPS) is 14.0. The van der Waals surface area contributed by atoms with Gasteiger partial charge in [0.1, 0.15) is 0 Å². The Hall–Kier alpha value is -0.870. The molecule has 116 valence electrons. The summed E-state index contributed by atoms with van der Waals surface area (Å²) in [6, 6.07) is 2.62. The van der Waals surface area contributed by atoms with Gasteiger partial charge >= 0.3 is 0 Å². The first kappa shape index (κ1) is 17.2. The van der Waals surface area contributed by atoms with E-state index < -0.39 is 0 Å². The largest absolute Gasteiger partial charge is 0.312 e. The average molecular weight is 280 g/mol. The monoisotopic (exact) mass is 280 g/mol. The van der Waals surface area contributed by atoms with E-state index in [2.05, 4.69) is 62.9 Å². The quantitative estimate of drug-likeness (QED) is 0.793. The molecule has 1 heterocycles. The fourth-order valence-corrected chi connectivity index (χ4v) is 3.14. The molecule has 0 spiro atoms. The number of hydrogen-bond donors (Lipinski definition) is 1. The molecular weight excluding hydrogens is 248 g/mol. The Bertz CT molecular complexity index is 405. The van der Waals surface area contributed by atoms with Gasteiger partial charge in [-0.2, -0.15) is 5.10 Å². The Kier molecular flexibility index (Phi) is 6.21.